The molecule has 72 valence electrons. The summed E-state index contributed by atoms with van der Waals surface area (Å²) in [5.74, 6) is -0.383. The van der Waals surface area contributed by atoms with Gasteiger partial charge in [0.2, 0.25) is 0 Å². The molecule has 1 N–H and O–H groups in total. The summed E-state index contributed by atoms with van der Waals surface area (Å²) >= 11 is 0. The van der Waals surface area contributed by atoms with Crippen LogP contribution in [0.4, 0.5) is 0 Å². The maximum atomic E-state index is 10.4. The van der Waals surface area contributed by atoms with E-state index in [0.29, 0.717) is 5.75 Å². The summed E-state index contributed by atoms with van der Waals surface area (Å²) in [7, 11) is 0. The first-order chi connectivity index (χ1) is 5.70. The Balaban J connectivity index is 0.00000144. The minimum absolute atomic E-state index is 0. The topological polar surface area (TPSA) is 46.5 Å². The molecule has 1 atom stereocenters. The predicted molar refractivity (Wildman–Crippen MR) is 51.4 cm³/mol. The molecule has 0 bridgehead atoms. The van der Waals surface area contributed by atoms with E-state index in [4.69, 9.17) is 9.84 Å². The van der Waals surface area contributed by atoms with Gasteiger partial charge >= 0.3 is 5.97 Å². The van der Waals surface area contributed by atoms with Gasteiger partial charge in [0.1, 0.15) is 5.75 Å². The Morgan fingerprint density at radius 3 is 2.38 bits per heavy atom. The minimum Gasteiger partial charge on any atom is -0.479 e. The Kier molecular flexibility index (Phi) is 4.92. The number of ether oxygens (including phenoxy) is 1. The first-order valence-corrected chi connectivity index (χ1v) is 3.64. The molecule has 0 unspecified atom stereocenters. The molecule has 0 aliphatic heterocycles. The van der Waals surface area contributed by atoms with Crippen LogP contribution in [-0.4, -0.2) is 17.2 Å². The van der Waals surface area contributed by atoms with E-state index in [1.54, 1.807) is 24.3 Å². The smallest absolute Gasteiger partial charge is 0.344 e. The Morgan fingerprint density at radius 1 is 1.38 bits per heavy atom. The van der Waals surface area contributed by atoms with Crippen LogP contribution in [0.3, 0.4) is 0 Å². The molecule has 0 aliphatic carbocycles. The number of carboxylic acids is 1. The van der Waals surface area contributed by atoms with E-state index in [1.165, 1.54) is 6.92 Å². The summed E-state index contributed by atoms with van der Waals surface area (Å²) in [6, 6.07) is 8.88. The Hall–Kier alpha value is -1.22. The van der Waals surface area contributed by atoms with Crippen molar-refractivity contribution in [2.45, 2.75) is 13.0 Å². The van der Waals surface area contributed by atoms with Crippen LogP contribution in [0.2, 0.25) is 0 Å². The van der Waals surface area contributed by atoms with Crippen molar-refractivity contribution in [1.82, 2.24) is 0 Å². The van der Waals surface area contributed by atoms with Crippen molar-refractivity contribution in [3.8, 4) is 5.75 Å². The lowest BCUT2D eigenvalue weighted by Crippen LogP contribution is -2.22. The fourth-order valence-electron chi connectivity index (χ4n) is 0.754. The van der Waals surface area contributed by atoms with Gasteiger partial charge in [-0.1, -0.05) is 18.2 Å². The summed E-state index contributed by atoms with van der Waals surface area (Å²) in [6.45, 7) is 1.50. The highest BCUT2D eigenvalue weighted by Gasteiger charge is 2.11. The van der Waals surface area contributed by atoms with E-state index in [0.717, 1.165) is 0 Å². The second-order valence-corrected chi connectivity index (χ2v) is 2.41. The van der Waals surface area contributed by atoms with E-state index < -0.39 is 12.1 Å². The third-order valence-corrected chi connectivity index (χ3v) is 1.40. The quantitative estimate of drug-likeness (QED) is 0.815. The van der Waals surface area contributed by atoms with Crippen molar-refractivity contribution in [2.75, 3.05) is 0 Å². The number of carboxylic acid groups (broad SMARTS) is 1. The van der Waals surface area contributed by atoms with Crippen molar-refractivity contribution in [1.29, 1.82) is 0 Å². The van der Waals surface area contributed by atoms with Gasteiger partial charge in [0, 0.05) is 0 Å². The van der Waals surface area contributed by atoms with Crippen molar-refractivity contribution < 1.29 is 14.6 Å². The number of aliphatic carboxylic acids is 1. The number of halogens is 1. The molecule has 0 aliphatic rings. The zero-order valence-corrected chi connectivity index (χ0v) is 7.95. The molecular weight excluding hydrogens is 192 g/mol. The summed E-state index contributed by atoms with van der Waals surface area (Å²) in [6.07, 6.45) is -0.799. The first-order valence-electron chi connectivity index (χ1n) is 3.64. The van der Waals surface area contributed by atoms with E-state index >= 15 is 0 Å². The molecule has 4 heteroatoms. The van der Waals surface area contributed by atoms with E-state index in [9.17, 15) is 4.79 Å². The molecule has 13 heavy (non-hydrogen) atoms. The summed E-state index contributed by atoms with van der Waals surface area (Å²) < 4.78 is 5.08. The van der Waals surface area contributed by atoms with Gasteiger partial charge in [-0.15, -0.1) is 12.4 Å². The van der Waals surface area contributed by atoms with Crippen LogP contribution in [0.15, 0.2) is 30.3 Å². The molecule has 1 aromatic rings. The zero-order valence-electron chi connectivity index (χ0n) is 7.14. The van der Waals surface area contributed by atoms with Crippen molar-refractivity contribution in [3.63, 3.8) is 0 Å². The van der Waals surface area contributed by atoms with Gasteiger partial charge in [0.25, 0.3) is 0 Å². The van der Waals surface area contributed by atoms with Gasteiger partial charge in [-0.3, -0.25) is 0 Å². The van der Waals surface area contributed by atoms with Crippen molar-refractivity contribution in [2.24, 2.45) is 0 Å². The average molecular weight is 203 g/mol. The summed E-state index contributed by atoms with van der Waals surface area (Å²) in [4.78, 5) is 10.4. The zero-order chi connectivity index (χ0) is 8.97. The van der Waals surface area contributed by atoms with Crippen LogP contribution in [-0.2, 0) is 4.79 Å². The number of para-hydroxylation sites is 1. The number of benzene rings is 1. The molecule has 1 rings (SSSR count). The largest absolute Gasteiger partial charge is 0.479 e. The molecule has 0 spiro atoms. The second-order valence-electron chi connectivity index (χ2n) is 2.41. The Morgan fingerprint density at radius 2 is 1.92 bits per heavy atom. The van der Waals surface area contributed by atoms with Crippen LogP contribution < -0.4 is 4.74 Å². The number of carbonyl (C=O) groups is 1. The predicted octanol–water partition coefficient (Wildman–Crippen LogP) is 1.96. The third kappa shape index (κ3) is 3.80. The highest BCUT2D eigenvalue weighted by atomic mass is 35.5. The van der Waals surface area contributed by atoms with Gasteiger partial charge in [0.05, 0.1) is 0 Å². The number of hydrogen-bond acceptors (Lipinski definition) is 2. The van der Waals surface area contributed by atoms with E-state index in [1.807, 2.05) is 6.07 Å². The molecular formula is C9H11ClO3. The maximum absolute atomic E-state index is 10.4. The third-order valence-electron chi connectivity index (χ3n) is 1.40. The molecule has 0 heterocycles. The summed E-state index contributed by atoms with van der Waals surface area (Å²) in [5.41, 5.74) is 0. The summed E-state index contributed by atoms with van der Waals surface area (Å²) in [5, 5.41) is 8.52. The standard InChI is InChI=1S/C9H10O3.ClH/c1-7(9(10)11)12-8-5-3-2-4-6-8;/h2-7H,1H3,(H,10,11);1H/t7-;/m1./s1. The van der Waals surface area contributed by atoms with Crippen LogP contribution >= 0.6 is 12.4 Å². The van der Waals surface area contributed by atoms with Gasteiger partial charge < -0.3 is 9.84 Å². The number of rotatable bonds is 3. The highest BCUT2D eigenvalue weighted by Crippen LogP contribution is 2.10. The molecule has 0 saturated carbocycles. The molecule has 3 nitrogen and oxygen atoms in total. The van der Waals surface area contributed by atoms with Crippen LogP contribution in [0.5, 0.6) is 5.75 Å². The Labute approximate surface area is 82.7 Å². The SMILES string of the molecule is C[C@@H](Oc1ccccc1)C(=O)O.Cl. The lowest BCUT2D eigenvalue weighted by molar-refractivity contribution is -0.144. The monoisotopic (exact) mass is 202 g/mol. The molecule has 0 saturated heterocycles. The van der Waals surface area contributed by atoms with Gasteiger partial charge in [-0.2, -0.15) is 0 Å². The first kappa shape index (κ1) is 11.8. The van der Waals surface area contributed by atoms with Gasteiger partial charge in [-0.05, 0) is 19.1 Å². The van der Waals surface area contributed by atoms with Crippen LogP contribution in [0.25, 0.3) is 0 Å². The lowest BCUT2D eigenvalue weighted by atomic mass is 10.3. The van der Waals surface area contributed by atoms with Crippen LogP contribution in [0, 0.1) is 0 Å². The van der Waals surface area contributed by atoms with Gasteiger partial charge in [0.15, 0.2) is 6.10 Å². The van der Waals surface area contributed by atoms with Crippen LogP contribution in [0.1, 0.15) is 6.92 Å². The molecule has 1 aromatic carbocycles. The fraction of sp³-hybridized carbons (Fsp3) is 0.222. The number of hydrogen-bond donors (Lipinski definition) is 1. The van der Waals surface area contributed by atoms with Crippen molar-refractivity contribution >= 4 is 18.4 Å². The minimum atomic E-state index is -0.959. The second kappa shape index (κ2) is 5.43. The molecule has 0 fully saturated rings. The molecule has 0 aromatic heterocycles. The van der Waals surface area contributed by atoms with E-state index in [-0.39, 0.29) is 12.4 Å². The maximum Gasteiger partial charge on any atom is 0.344 e. The average Bonchev–Trinajstić information content (AvgIpc) is 2.06. The van der Waals surface area contributed by atoms with E-state index in [2.05, 4.69) is 0 Å². The normalized spacial score (nSPS) is 11.2. The lowest BCUT2D eigenvalue weighted by Gasteiger charge is -2.09. The highest BCUT2D eigenvalue weighted by molar-refractivity contribution is 5.85. The fourth-order valence-corrected chi connectivity index (χ4v) is 0.754. The molecule has 0 radical (unpaired) electrons. The Bertz CT molecular complexity index is 261. The molecule has 0 amide bonds. The van der Waals surface area contributed by atoms with Gasteiger partial charge in [-0.25, -0.2) is 4.79 Å². The van der Waals surface area contributed by atoms with Crippen molar-refractivity contribution in [3.05, 3.63) is 30.3 Å².